The smallest absolute Gasteiger partial charge is 0.340 e. The maximum atomic E-state index is 13.6. The number of aromatic carboxylic acids is 1. The first-order valence-corrected chi connectivity index (χ1v) is 47.1. The average molecular weight is 1910 g/mol. The number of phenolic OH excluding ortho intramolecular Hbond substituents is 2. The highest BCUT2D eigenvalue weighted by Gasteiger charge is 2.30. The summed E-state index contributed by atoms with van der Waals surface area (Å²) in [5.74, 6) is -4.50. The number of halogens is 1. The first-order chi connectivity index (χ1) is 65.4. The van der Waals surface area contributed by atoms with E-state index >= 15 is 0 Å². The van der Waals surface area contributed by atoms with E-state index in [0.29, 0.717) is 39.3 Å². The number of phenols is 2. The number of anilines is 7. The number of carbonyl (C=O) groups is 8. The van der Waals surface area contributed by atoms with Gasteiger partial charge in [0.05, 0.1) is 56.1 Å². The topological polar surface area (TPSA) is 292 Å². The third-order valence-electron chi connectivity index (χ3n) is 23.5. The maximum absolute atomic E-state index is 13.6. The second-order valence-electron chi connectivity index (χ2n) is 36.8. The first-order valence-electron chi connectivity index (χ1n) is 46.3. The van der Waals surface area contributed by atoms with Crippen LogP contribution >= 0.6 is 15.9 Å². The highest BCUT2D eigenvalue weighted by Crippen LogP contribution is 2.37. The zero-order chi connectivity index (χ0) is 98.4. The van der Waals surface area contributed by atoms with E-state index in [4.69, 9.17) is 14.2 Å². The lowest BCUT2D eigenvalue weighted by Gasteiger charge is -2.35. The molecule has 3 saturated heterocycles. The number of carbonyl (C=O) groups excluding carboxylic acids is 7. The molecule has 137 heavy (non-hydrogen) atoms. The summed E-state index contributed by atoms with van der Waals surface area (Å²) in [6.45, 7) is 40.7. The Hall–Kier alpha value is -14.2. The Kier molecular flexibility index (Phi) is 34.4. The Morgan fingerprint density at radius 3 is 0.818 bits per heavy atom. The van der Waals surface area contributed by atoms with E-state index in [0.717, 1.165) is 175 Å². The molecule has 3 fully saturated rings. The van der Waals surface area contributed by atoms with Gasteiger partial charge in [-0.2, -0.15) is 0 Å². The minimum absolute atomic E-state index is 0.0191. The van der Waals surface area contributed by atoms with Gasteiger partial charge in [0.25, 0.3) is 23.6 Å². The molecular formula is C112H123BrN10O14. The molecule has 0 unspecified atom stereocenters. The van der Waals surface area contributed by atoms with Gasteiger partial charge < -0.3 is 80.2 Å². The van der Waals surface area contributed by atoms with Crippen molar-refractivity contribution in [1.82, 2.24) is 14.7 Å². The van der Waals surface area contributed by atoms with Crippen LogP contribution in [0.25, 0.3) is 44.5 Å². The maximum Gasteiger partial charge on any atom is 0.340 e. The molecule has 0 aliphatic carbocycles. The van der Waals surface area contributed by atoms with E-state index in [1.165, 1.54) is 12.1 Å². The van der Waals surface area contributed by atoms with E-state index in [1.54, 1.807) is 93.6 Å². The predicted octanol–water partition coefficient (Wildman–Crippen LogP) is 22.2. The van der Waals surface area contributed by atoms with Crippen LogP contribution in [0.1, 0.15) is 177 Å². The molecule has 0 saturated carbocycles. The number of nitrogens with one attached hydrogen (secondary N) is 4. The third-order valence-corrected chi connectivity index (χ3v) is 24.0. The fraction of sp³-hybridized carbons (Fsp3) is 0.286. The molecule has 0 aromatic heterocycles. The molecule has 15 rings (SSSR count). The third kappa shape index (κ3) is 28.2. The van der Waals surface area contributed by atoms with E-state index < -0.39 is 52.5 Å². The monoisotopic (exact) mass is 1910 g/mol. The van der Waals surface area contributed by atoms with Crippen LogP contribution < -0.4 is 36.0 Å². The number of aryl methyl sites for hydroxylation is 2. The van der Waals surface area contributed by atoms with Crippen LogP contribution in [0.4, 0.5) is 39.8 Å². The number of amides is 4. The largest absolute Gasteiger partial charge is 0.507 e. The lowest BCUT2D eigenvalue weighted by atomic mass is 10.0. The molecular weight excluding hydrogens is 1790 g/mol. The van der Waals surface area contributed by atoms with Crippen LogP contribution in [-0.2, 0) is 14.2 Å². The number of ether oxygens (including phenoxy) is 3. The number of esters is 3. The fourth-order valence-corrected chi connectivity index (χ4v) is 16.3. The van der Waals surface area contributed by atoms with Gasteiger partial charge in [-0.15, -0.1) is 0 Å². The molecule has 24 nitrogen and oxygen atoms in total. The number of piperazine rings is 3. The quantitative estimate of drug-likeness (QED) is 0.0245. The highest BCUT2D eigenvalue weighted by molar-refractivity contribution is 9.10. The molecule has 4 amide bonds. The summed E-state index contributed by atoms with van der Waals surface area (Å²) < 4.78 is 17.6. The number of likely N-dealkylation sites (N-methyl/N-ethyl adjacent to an activating group) is 3. The molecule has 3 heterocycles. The Labute approximate surface area is 811 Å². The SMILES string of the molecule is CCN1CCN(c2ccc(C)c(C(=O)Nc3cc(-c4ccccc4)ccc3C(=O)OC(C)(C)C)c2)CC1.CCN1CCN(c2ccc(O)c(C(=O)Nc3cc(-c4ccccc4)ccc3C(=O)O)c2)CC1.CCN1CCN(c2ccc(O)c(C(=O)Nc3cc(-c4ccccc4)ccc3C(=O)OC(C)(C)C)c2)CC1.Cc1ccc(Br)cc1C(=O)Nc1cc(-c2ccccc2)ccc1C(=O)OC(C)(C)C. The van der Waals surface area contributed by atoms with Crippen molar-refractivity contribution >= 4 is 103 Å². The van der Waals surface area contributed by atoms with E-state index in [9.17, 15) is 53.7 Å². The Balaban J connectivity index is 0.000000165. The average Bonchev–Trinajstić information content (AvgIpc) is 0.806. The zero-order valence-electron chi connectivity index (χ0n) is 80.4. The molecule has 3 aliphatic rings. The molecule has 25 heteroatoms. The van der Waals surface area contributed by atoms with Gasteiger partial charge in [0.2, 0.25) is 0 Å². The van der Waals surface area contributed by atoms with Gasteiger partial charge in [0.15, 0.2) is 0 Å². The Morgan fingerprint density at radius 2 is 0.540 bits per heavy atom. The molecule has 12 aromatic rings. The van der Waals surface area contributed by atoms with Crippen molar-refractivity contribution in [1.29, 1.82) is 0 Å². The van der Waals surface area contributed by atoms with E-state index in [-0.39, 0.29) is 51.3 Å². The number of hydrogen-bond donors (Lipinski definition) is 7. The van der Waals surface area contributed by atoms with Crippen LogP contribution in [-0.4, -0.2) is 192 Å². The highest BCUT2D eigenvalue weighted by atomic mass is 79.9. The van der Waals surface area contributed by atoms with Crippen molar-refractivity contribution in [3.05, 3.63) is 327 Å². The number of nitrogens with zero attached hydrogens (tertiary/aromatic N) is 6. The number of hydrogen-bond acceptors (Lipinski definition) is 19. The lowest BCUT2D eigenvalue weighted by Crippen LogP contribution is -2.46. The van der Waals surface area contributed by atoms with Gasteiger partial charge in [-0.05, 0) is 261 Å². The normalized spacial score (nSPS) is 13.6. The summed E-state index contributed by atoms with van der Waals surface area (Å²) in [7, 11) is 0. The van der Waals surface area contributed by atoms with Gasteiger partial charge in [0, 0.05) is 111 Å². The van der Waals surface area contributed by atoms with Crippen LogP contribution in [0.15, 0.2) is 271 Å². The molecule has 7 N–H and O–H groups in total. The molecule has 712 valence electrons. The summed E-state index contributed by atoms with van der Waals surface area (Å²) in [5, 5.41) is 42.0. The second-order valence-corrected chi connectivity index (χ2v) is 37.7. The van der Waals surface area contributed by atoms with Crippen LogP contribution in [0.5, 0.6) is 11.5 Å². The summed E-state index contributed by atoms with van der Waals surface area (Å²) in [4.78, 5) is 118. The number of aromatic hydroxyl groups is 2. The molecule has 12 aromatic carbocycles. The number of benzene rings is 12. The van der Waals surface area contributed by atoms with Crippen molar-refractivity contribution in [2.24, 2.45) is 0 Å². The van der Waals surface area contributed by atoms with E-state index in [2.05, 4.69) is 93.4 Å². The summed E-state index contributed by atoms with van der Waals surface area (Å²) in [5.41, 5.74) is 13.4. The predicted molar refractivity (Wildman–Crippen MR) is 551 cm³/mol. The number of carboxylic acids is 1. The van der Waals surface area contributed by atoms with Crippen molar-refractivity contribution in [3.8, 4) is 56.0 Å². The van der Waals surface area contributed by atoms with Gasteiger partial charge in [-0.1, -0.05) is 194 Å². The Morgan fingerprint density at radius 1 is 0.292 bits per heavy atom. The minimum atomic E-state index is -1.14. The summed E-state index contributed by atoms with van der Waals surface area (Å²) in [6, 6.07) is 81.4. The fourth-order valence-electron chi connectivity index (χ4n) is 16.0. The number of rotatable bonds is 22. The van der Waals surface area contributed by atoms with Crippen LogP contribution in [0, 0.1) is 13.8 Å². The molecule has 0 radical (unpaired) electrons. The number of carboxylic acid groups (broad SMARTS) is 1. The van der Waals surface area contributed by atoms with Crippen molar-refractivity contribution in [2.75, 3.05) is 134 Å². The zero-order valence-corrected chi connectivity index (χ0v) is 82.0. The first kappa shape index (κ1) is 102. The molecule has 0 bridgehead atoms. The Bertz CT molecular complexity index is 6080. The van der Waals surface area contributed by atoms with Gasteiger partial charge >= 0.3 is 23.9 Å². The standard InChI is InChI=1S/C31H37N3O3.C30H35N3O4.C26H27N3O4.C25H24BrNO3/c1-6-33-16-18-34(19-17-33)25-14-12-22(2)27(21-25)29(35)32-28-20-24(23-10-8-7-9-11-23)13-15-26(28)30(36)37-31(3,4)5;1-5-32-15-17-33(18-16-32)23-12-14-27(34)25(20-23)28(35)31-26-19-22(21-9-7-6-8-10-21)11-13-24(26)29(36)37-30(2,3)4;1-2-28-12-14-29(15-13-28)20-9-11-24(30)22(17-20)25(31)27-23-16-19(8-10-21(23)26(32)33)18-6-4-3-5-7-18;1-16-10-12-19(26)15-21(16)23(28)27-22-14-18(17-8-6-5-7-9-17)11-13-20(22)24(29)30-25(2,3)4/h7-15,20-21H,6,16-19H2,1-5H3,(H,32,35);6-14,19-20,34H,5,15-18H2,1-4H3,(H,31,35);3-11,16-17,30H,2,12-15H2,1H3,(H,27,31)(H,32,33);5-15H,1-4H3,(H,27,28). The van der Waals surface area contributed by atoms with Crippen molar-refractivity contribution < 1.29 is 67.9 Å². The summed E-state index contributed by atoms with van der Waals surface area (Å²) in [6.07, 6.45) is 0. The lowest BCUT2D eigenvalue weighted by molar-refractivity contribution is 0.00580. The van der Waals surface area contributed by atoms with Crippen molar-refractivity contribution in [2.45, 2.75) is 114 Å². The van der Waals surface area contributed by atoms with Gasteiger partial charge in [-0.25, -0.2) is 19.2 Å². The molecule has 0 atom stereocenters. The van der Waals surface area contributed by atoms with Gasteiger partial charge in [-0.3, -0.25) is 19.2 Å². The molecule has 0 spiro atoms. The van der Waals surface area contributed by atoms with Crippen molar-refractivity contribution in [3.63, 3.8) is 0 Å². The minimum Gasteiger partial charge on any atom is -0.507 e. The van der Waals surface area contributed by atoms with Gasteiger partial charge in [0.1, 0.15) is 28.3 Å². The van der Waals surface area contributed by atoms with E-state index in [1.807, 2.05) is 231 Å². The van der Waals surface area contributed by atoms with Crippen LogP contribution in [0.2, 0.25) is 0 Å². The second kappa shape index (κ2) is 46.3. The summed E-state index contributed by atoms with van der Waals surface area (Å²) >= 11 is 3.41. The molecule has 3 aliphatic heterocycles. The van der Waals surface area contributed by atoms with Crippen LogP contribution in [0.3, 0.4) is 0 Å².